The Morgan fingerprint density at radius 2 is 2.14 bits per heavy atom. The lowest BCUT2D eigenvalue weighted by Crippen LogP contribution is -2.43. The molecule has 0 radical (unpaired) electrons. The molecule has 4 rings (SSSR count). The number of likely N-dealkylation sites (tertiary alicyclic amines) is 1. The van der Waals surface area contributed by atoms with Crippen LogP contribution in [-0.4, -0.2) is 56.6 Å². The number of rotatable bonds is 5. The van der Waals surface area contributed by atoms with Gasteiger partial charge in [0.1, 0.15) is 5.75 Å². The first-order valence-electron chi connectivity index (χ1n) is 9.65. The number of aromatic nitrogens is 3. The predicted octanol–water partition coefficient (Wildman–Crippen LogP) is 1.78. The van der Waals surface area contributed by atoms with Gasteiger partial charge >= 0.3 is 5.97 Å². The number of fused-ring (bicyclic) bond motifs is 1. The number of aryl methyl sites for hydroxylation is 1. The molecule has 2 aromatic rings. The summed E-state index contributed by atoms with van der Waals surface area (Å²) >= 11 is 0. The van der Waals surface area contributed by atoms with E-state index in [1.165, 1.54) is 22.0 Å². The van der Waals surface area contributed by atoms with Crippen LogP contribution in [0.15, 0.2) is 24.4 Å². The van der Waals surface area contributed by atoms with Gasteiger partial charge in [-0.2, -0.15) is 0 Å². The normalized spacial score (nSPS) is 21.4. The molecule has 1 N–H and O–H groups in total. The number of carbonyl (C=O) groups is 2. The van der Waals surface area contributed by atoms with E-state index in [0.717, 1.165) is 44.4 Å². The Morgan fingerprint density at radius 1 is 1.29 bits per heavy atom. The third kappa shape index (κ3) is 3.58. The molecule has 0 saturated carbocycles. The summed E-state index contributed by atoms with van der Waals surface area (Å²) in [6.45, 7) is 1.22. The molecule has 1 fully saturated rings. The van der Waals surface area contributed by atoms with Crippen LogP contribution in [0, 0.1) is 5.92 Å². The van der Waals surface area contributed by atoms with E-state index >= 15 is 0 Å². The summed E-state index contributed by atoms with van der Waals surface area (Å²) in [4.78, 5) is 26.2. The number of ether oxygens (including phenoxy) is 1. The average Bonchev–Trinajstić information content (AvgIpc) is 3.36. The molecular formula is C20H24N4O4. The van der Waals surface area contributed by atoms with Gasteiger partial charge in [-0.3, -0.25) is 4.79 Å². The number of nitrogens with zero attached hydrogens (tertiary/aromatic N) is 4. The smallest absolute Gasteiger partial charge is 0.358 e. The molecule has 0 bridgehead atoms. The van der Waals surface area contributed by atoms with Crippen molar-refractivity contribution in [1.29, 1.82) is 0 Å². The fourth-order valence-electron chi connectivity index (χ4n) is 4.32. The molecule has 1 amide bonds. The molecule has 8 heteroatoms. The van der Waals surface area contributed by atoms with Gasteiger partial charge in [0.2, 0.25) is 5.91 Å². The molecule has 2 heterocycles. The summed E-state index contributed by atoms with van der Waals surface area (Å²) in [5.41, 5.74) is 2.42. The second-order valence-electron chi connectivity index (χ2n) is 7.53. The summed E-state index contributed by atoms with van der Waals surface area (Å²) in [6, 6.07) is 6.13. The second kappa shape index (κ2) is 7.61. The third-order valence-electron chi connectivity index (χ3n) is 5.81. The van der Waals surface area contributed by atoms with E-state index in [0.29, 0.717) is 6.54 Å². The standard InChI is InChI=1S/C20H24N4O4/c1-28-17-7-6-13-9-15(5-4-14(13)10-17)19(25)24-8-2-3-16(24)11-23-12-18(20(26)27)21-22-23/h6-7,10,12,15-16H,2-5,8-9,11H2,1H3,(H,26,27). The topological polar surface area (TPSA) is 97.5 Å². The van der Waals surface area contributed by atoms with Crippen LogP contribution >= 0.6 is 0 Å². The van der Waals surface area contributed by atoms with Crippen LogP contribution in [0.2, 0.25) is 0 Å². The number of benzene rings is 1. The van der Waals surface area contributed by atoms with Crippen LogP contribution in [0.4, 0.5) is 0 Å². The number of methoxy groups -OCH3 is 1. The molecule has 1 aliphatic carbocycles. The van der Waals surface area contributed by atoms with Gasteiger partial charge in [-0.1, -0.05) is 11.3 Å². The number of carboxylic acid groups (broad SMARTS) is 1. The van der Waals surface area contributed by atoms with Crippen LogP contribution in [0.5, 0.6) is 5.75 Å². The lowest BCUT2D eigenvalue weighted by Gasteiger charge is -2.31. The van der Waals surface area contributed by atoms with Crippen molar-refractivity contribution in [3.63, 3.8) is 0 Å². The maximum absolute atomic E-state index is 13.2. The van der Waals surface area contributed by atoms with Crippen molar-refractivity contribution < 1.29 is 19.4 Å². The van der Waals surface area contributed by atoms with Crippen LogP contribution in [0.25, 0.3) is 0 Å². The Labute approximate surface area is 163 Å². The van der Waals surface area contributed by atoms with Gasteiger partial charge in [0.05, 0.1) is 25.9 Å². The third-order valence-corrected chi connectivity index (χ3v) is 5.81. The molecule has 2 atom stereocenters. The summed E-state index contributed by atoms with van der Waals surface area (Å²) in [6.07, 6.45) is 5.76. The Kier molecular flexibility index (Phi) is 5.02. The zero-order chi connectivity index (χ0) is 19.7. The predicted molar refractivity (Wildman–Crippen MR) is 100 cm³/mol. The van der Waals surface area contributed by atoms with Crippen LogP contribution in [0.3, 0.4) is 0 Å². The zero-order valence-corrected chi connectivity index (χ0v) is 15.9. The highest BCUT2D eigenvalue weighted by molar-refractivity contribution is 5.84. The maximum Gasteiger partial charge on any atom is 0.358 e. The van der Waals surface area contributed by atoms with Crippen molar-refractivity contribution in [2.24, 2.45) is 5.92 Å². The van der Waals surface area contributed by atoms with Gasteiger partial charge in [0.25, 0.3) is 0 Å². The molecular weight excluding hydrogens is 360 g/mol. The molecule has 0 spiro atoms. The Bertz CT molecular complexity index is 894. The number of aromatic carboxylic acids is 1. The number of hydrogen-bond acceptors (Lipinski definition) is 5. The molecule has 2 unspecified atom stereocenters. The van der Waals surface area contributed by atoms with Crippen molar-refractivity contribution in [2.75, 3.05) is 13.7 Å². The zero-order valence-electron chi connectivity index (χ0n) is 15.9. The number of carbonyl (C=O) groups excluding carboxylic acids is 1. The van der Waals surface area contributed by atoms with Gasteiger partial charge in [0, 0.05) is 12.5 Å². The minimum absolute atomic E-state index is 0.00757. The molecule has 8 nitrogen and oxygen atoms in total. The Morgan fingerprint density at radius 3 is 2.89 bits per heavy atom. The number of hydrogen-bond donors (Lipinski definition) is 1. The molecule has 2 aliphatic rings. The molecule has 1 aromatic carbocycles. The van der Waals surface area contributed by atoms with Gasteiger partial charge < -0.3 is 14.7 Å². The van der Waals surface area contributed by atoms with Crippen molar-refractivity contribution in [3.05, 3.63) is 41.2 Å². The summed E-state index contributed by atoms with van der Waals surface area (Å²) in [5.74, 6) is -0.0471. The van der Waals surface area contributed by atoms with Gasteiger partial charge in [0.15, 0.2) is 5.69 Å². The molecule has 1 aliphatic heterocycles. The van der Waals surface area contributed by atoms with Gasteiger partial charge in [-0.25, -0.2) is 9.48 Å². The molecule has 28 heavy (non-hydrogen) atoms. The van der Waals surface area contributed by atoms with Crippen molar-refractivity contribution in [2.45, 2.75) is 44.7 Å². The van der Waals surface area contributed by atoms with E-state index in [1.54, 1.807) is 7.11 Å². The second-order valence-corrected chi connectivity index (χ2v) is 7.53. The summed E-state index contributed by atoms with van der Waals surface area (Å²) in [5, 5.41) is 16.5. The Hall–Kier alpha value is -2.90. The van der Waals surface area contributed by atoms with Crippen LogP contribution in [0.1, 0.15) is 40.9 Å². The number of carboxylic acids is 1. The van der Waals surface area contributed by atoms with Crippen LogP contribution in [-0.2, 0) is 24.2 Å². The van der Waals surface area contributed by atoms with Crippen molar-refractivity contribution in [3.8, 4) is 5.75 Å². The first-order valence-corrected chi connectivity index (χ1v) is 9.65. The minimum atomic E-state index is -1.09. The van der Waals surface area contributed by atoms with Gasteiger partial charge in [-0.15, -0.1) is 5.10 Å². The first kappa shape index (κ1) is 18.5. The van der Waals surface area contributed by atoms with Crippen molar-refractivity contribution in [1.82, 2.24) is 19.9 Å². The molecule has 1 aromatic heterocycles. The average molecular weight is 384 g/mol. The van der Waals surface area contributed by atoms with Gasteiger partial charge in [-0.05, 0) is 55.4 Å². The molecule has 1 saturated heterocycles. The van der Waals surface area contributed by atoms with E-state index in [4.69, 9.17) is 9.84 Å². The highest BCUT2D eigenvalue weighted by Crippen LogP contribution is 2.31. The fourth-order valence-corrected chi connectivity index (χ4v) is 4.32. The van der Waals surface area contributed by atoms with Crippen LogP contribution < -0.4 is 4.74 Å². The first-order chi connectivity index (χ1) is 13.5. The van der Waals surface area contributed by atoms with E-state index in [-0.39, 0.29) is 23.6 Å². The highest BCUT2D eigenvalue weighted by Gasteiger charge is 2.35. The number of amides is 1. The maximum atomic E-state index is 13.2. The molecule has 148 valence electrons. The van der Waals surface area contributed by atoms with E-state index in [2.05, 4.69) is 22.4 Å². The fraction of sp³-hybridized carbons (Fsp3) is 0.500. The monoisotopic (exact) mass is 384 g/mol. The summed E-state index contributed by atoms with van der Waals surface area (Å²) < 4.78 is 6.83. The van der Waals surface area contributed by atoms with E-state index in [1.807, 2.05) is 11.0 Å². The SMILES string of the molecule is COc1ccc2c(c1)CCC(C(=O)N1CCCC1Cn1cc(C(=O)O)nn1)C2. The summed E-state index contributed by atoms with van der Waals surface area (Å²) in [7, 11) is 1.67. The van der Waals surface area contributed by atoms with E-state index < -0.39 is 5.97 Å². The highest BCUT2D eigenvalue weighted by atomic mass is 16.5. The quantitative estimate of drug-likeness (QED) is 0.844. The van der Waals surface area contributed by atoms with Crippen molar-refractivity contribution >= 4 is 11.9 Å². The Balaban J connectivity index is 1.43. The lowest BCUT2D eigenvalue weighted by molar-refractivity contribution is -0.137. The van der Waals surface area contributed by atoms with E-state index in [9.17, 15) is 9.59 Å². The largest absolute Gasteiger partial charge is 0.497 e. The minimum Gasteiger partial charge on any atom is -0.497 e. The lowest BCUT2D eigenvalue weighted by atomic mass is 9.83.